The summed E-state index contributed by atoms with van der Waals surface area (Å²) in [5, 5.41) is 23.9. The molecule has 0 atom stereocenters. The van der Waals surface area contributed by atoms with Crippen molar-refractivity contribution in [2.75, 3.05) is 19.0 Å². The fourth-order valence-corrected chi connectivity index (χ4v) is 1.37. The molecule has 2 amide bonds. The van der Waals surface area contributed by atoms with E-state index in [4.69, 9.17) is 9.84 Å². The number of benzene rings is 1. The van der Waals surface area contributed by atoms with Crippen LogP contribution in [0.3, 0.4) is 0 Å². The number of nitro groups is 1. The molecule has 1 aromatic carbocycles. The van der Waals surface area contributed by atoms with Crippen LogP contribution in [0.4, 0.5) is 16.2 Å². The molecule has 9 heteroatoms. The lowest BCUT2D eigenvalue weighted by Gasteiger charge is -2.08. The van der Waals surface area contributed by atoms with Crippen molar-refractivity contribution >= 4 is 23.4 Å². The van der Waals surface area contributed by atoms with Crippen LogP contribution in [0.25, 0.3) is 0 Å². The number of amides is 2. The molecule has 3 N–H and O–H groups in total. The zero-order valence-electron chi connectivity index (χ0n) is 10.6. The summed E-state index contributed by atoms with van der Waals surface area (Å²) in [6.45, 7) is -0.0422. The molecule has 0 saturated heterocycles. The summed E-state index contributed by atoms with van der Waals surface area (Å²) >= 11 is 0. The molecule has 0 aliphatic rings. The van der Waals surface area contributed by atoms with Crippen LogP contribution in [-0.4, -0.2) is 35.7 Å². The number of nitrogens with one attached hydrogen (secondary N) is 2. The van der Waals surface area contributed by atoms with E-state index in [1.54, 1.807) is 0 Å². The van der Waals surface area contributed by atoms with E-state index in [1.165, 1.54) is 19.2 Å². The second-order valence-corrected chi connectivity index (χ2v) is 3.67. The Balaban J connectivity index is 2.68. The lowest BCUT2D eigenvalue weighted by Crippen LogP contribution is -2.30. The number of hydrogen-bond donors (Lipinski definition) is 3. The van der Waals surface area contributed by atoms with Crippen molar-refractivity contribution < 1.29 is 24.4 Å². The largest absolute Gasteiger partial charge is 0.490 e. The number of nitrogens with zero attached hydrogens (tertiary/aromatic N) is 1. The number of carboxylic acid groups (broad SMARTS) is 1. The summed E-state index contributed by atoms with van der Waals surface area (Å²) in [5.41, 5.74) is -0.0823. The van der Waals surface area contributed by atoms with Gasteiger partial charge in [-0.2, -0.15) is 0 Å². The number of carboxylic acids is 1. The number of aliphatic carboxylic acids is 1. The molecular formula is C11H13N3O6. The topological polar surface area (TPSA) is 131 Å². The minimum Gasteiger partial charge on any atom is -0.490 e. The van der Waals surface area contributed by atoms with E-state index in [9.17, 15) is 19.7 Å². The number of nitro benzene ring substituents is 1. The average molecular weight is 283 g/mol. The van der Waals surface area contributed by atoms with Crippen molar-refractivity contribution in [2.24, 2.45) is 0 Å². The highest BCUT2D eigenvalue weighted by atomic mass is 16.6. The Labute approximate surface area is 113 Å². The first-order valence-electron chi connectivity index (χ1n) is 5.53. The van der Waals surface area contributed by atoms with Gasteiger partial charge in [-0.15, -0.1) is 0 Å². The summed E-state index contributed by atoms with van der Waals surface area (Å²) < 4.78 is 4.82. The summed E-state index contributed by atoms with van der Waals surface area (Å²) in [6, 6.07) is 3.29. The van der Waals surface area contributed by atoms with E-state index in [1.807, 2.05) is 0 Å². The molecule has 0 aliphatic carbocycles. The number of anilines is 1. The highest BCUT2D eigenvalue weighted by Gasteiger charge is 2.16. The Kier molecular flexibility index (Phi) is 5.27. The predicted octanol–water partition coefficient (Wildman–Crippen LogP) is 1.20. The van der Waals surface area contributed by atoms with Gasteiger partial charge in [0.1, 0.15) is 0 Å². The first-order chi connectivity index (χ1) is 9.43. The summed E-state index contributed by atoms with van der Waals surface area (Å²) in [7, 11) is 1.30. The SMILES string of the molecule is COc1ccc(NC(=O)NCCC(=O)O)cc1[N+](=O)[O-]. The summed E-state index contributed by atoms with van der Waals surface area (Å²) in [6.07, 6.45) is -0.212. The van der Waals surface area contributed by atoms with Crippen LogP contribution < -0.4 is 15.4 Å². The fraction of sp³-hybridized carbons (Fsp3) is 0.273. The van der Waals surface area contributed by atoms with E-state index >= 15 is 0 Å². The molecule has 0 unspecified atom stereocenters. The van der Waals surface area contributed by atoms with Gasteiger partial charge in [0.25, 0.3) is 0 Å². The number of carbonyl (C=O) groups is 2. The lowest BCUT2D eigenvalue weighted by atomic mass is 10.2. The maximum absolute atomic E-state index is 11.4. The summed E-state index contributed by atoms with van der Waals surface area (Å²) in [5.74, 6) is -0.961. The smallest absolute Gasteiger partial charge is 0.319 e. The number of urea groups is 1. The van der Waals surface area contributed by atoms with E-state index in [2.05, 4.69) is 10.6 Å². The van der Waals surface area contributed by atoms with Gasteiger partial charge >= 0.3 is 17.7 Å². The molecule has 1 aromatic rings. The molecule has 20 heavy (non-hydrogen) atoms. The first-order valence-corrected chi connectivity index (χ1v) is 5.53. The minimum atomic E-state index is -1.04. The van der Waals surface area contributed by atoms with Gasteiger partial charge in [0.2, 0.25) is 0 Å². The third kappa shape index (κ3) is 4.44. The van der Waals surface area contributed by atoms with Crippen molar-refractivity contribution in [1.29, 1.82) is 0 Å². The number of ether oxygens (including phenoxy) is 1. The van der Waals surface area contributed by atoms with E-state index in [0.717, 1.165) is 6.07 Å². The maximum atomic E-state index is 11.4. The Bertz CT molecular complexity index is 531. The van der Waals surface area contributed by atoms with Crippen molar-refractivity contribution in [2.45, 2.75) is 6.42 Å². The molecule has 1 rings (SSSR count). The van der Waals surface area contributed by atoms with Gasteiger partial charge in [0, 0.05) is 18.3 Å². The van der Waals surface area contributed by atoms with Gasteiger partial charge in [-0.3, -0.25) is 14.9 Å². The van der Waals surface area contributed by atoms with E-state index in [0.29, 0.717) is 0 Å². The van der Waals surface area contributed by atoms with Crippen LogP contribution in [0.2, 0.25) is 0 Å². The monoisotopic (exact) mass is 283 g/mol. The van der Waals surface area contributed by atoms with Crippen LogP contribution >= 0.6 is 0 Å². The molecule has 0 heterocycles. The van der Waals surface area contributed by atoms with Crippen LogP contribution in [0.15, 0.2) is 18.2 Å². The van der Waals surface area contributed by atoms with Gasteiger partial charge in [0.05, 0.1) is 18.5 Å². The second kappa shape index (κ2) is 6.92. The van der Waals surface area contributed by atoms with Crippen LogP contribution in [0.1, 0.15) is 6.42 Å². The molecule has 0 fully saturated rings. The summed E-state index contributed by atoms with van der Waals surface area (Å²) in [4.78, 5) is 31.8. The third-order valence-corrected chi connectivity index (χ3v) is 2.26. The molecular weight excluding hydrogens is 270 g/mol. The normalized spacial score (nSPS) is 9.65. The van der Waals surface area contributed by atoms with Crippen LogP contribution in [-0.2, 0) is 4.79 Å². The van der Waals surface area contributed by atoms with Crippen LogP contribution in [0.5, 0.6) is 5.75 Å². The number of hydrogen-bond acceptors (Lipinski definition) is 5. The lowest BCUT2D eigenvalue weighted by molar-refractivity contribution is -0.385. The van der Waals surface area contributed by atoms with Gasteiger partial charge < -0.3 is 20.5 Å². The second-order valence-electron chi connectivity index (χ2n) is 3.67. The molecule has 9 nitrogen and oxygen atoms in total. The average Bonchev–Trinajstić information content (AvgIpc) is 2.38. The Hall–Kier alpha value is -2.84. The number of methoxy groups -OCH3 is 1. The fourth-order valence-electron chi connectivity index (χ4n) is 1.37. The highest BCUT2D eigenvalue weighted by molar-refractivity contribution is 5.90. The molecule has 0 aromatic heterocycles. The molecule has 108 valence electrons. The quantitative estimate of drug-likeness (QED) is 0.531. The van der Waals surface area contributed by atoms with Crippen molar-refractivity contribution in [3.05, 3.63) is 28.3 Å². The van der Waals surface area contributed by atoms with Gasteiger partial charge in [-0.1, -0.05) is 0 Å². The van der Waals surface area contributed by atoms with Crippen molar-refractivity contribution in [1.82, 2.24) is 5.32 Å². The Morgan fingerprint density at radius 1 is 1.45 bits per heavy atom. The zero-order chi connectivity index (χ0) is 15.1. The third-order valence-electron chi connectivity index (χ3n) is 2.26. The molecule has 0 radical (unpaired) electrons. The number of carbonyl (C=O) groups excluding carboxylic acids is 1. The first kappa shape index (κ1) is 15.2. The van der Waals surface area contributed by atoms with Gasteiger partial charge in [0.15, 0.2) is 5.75 Å². The van der Waals surface area contributed by atoms with E-state index < -0.39 is 16.9 Å². The standard InChI is InChI=1S/C11H13N3O6/c1-20-9-3-2-7(6-8(9)14(18)19)13-11(17)12-5-4-10(15)16/h2-3,6H,4-5H2,1H3,(H,15,16)(H2,12,13,17). The molecule has 0 aliphatic heterocycles. The highest BCUT2D eigenvalue weighted by Crippen LogP contribution is 2.29. The van der Waals surface area contributed by atoms with Crippen molar-refractivity contribution in [3.8, 4) is 5.75 Å². The Morgan fingerprint density at radius 3 is 2.70 bits per heavy atom. The minimum absolute atomic E-state index is 0.0422. The van der Waals surface area contributed by atoms with Gasteiger partial charge in [-0.05, 0) is 12.1 Å². The predicted molar refractivity (Wildman–Crippen MR) is 68.9 cm³/mol. The molecule has 0 spiro atoms. The van der Waals surface area contributed by atoms with Gasteiger partial charge in [-0.25, -0.2) is 4.79 Å². The van der Waals surface area contributed by atoms with Crippen LogP contribution in [0, 0.1) is 10.1 Å². The molecule has 0 saturated carbocycles. The van der Waals surface area contributed by atoms with E-state index in [-0.39, 0.29) is 30.1 Å². The maximum Gasteiger partial charge on any atom is 0.319 e. The molecule has 0 bridgehead atoms. The Morgan fingerprint density at radius 2 is 2.15 bits per heavy atom. The zero-order valence-corrected chi connectivity index (χ0v) is 10.6. The number of rotatable bonds is 6. The van der Waals surface area contributed by atoms with Crippen molar-refractivity contribution in [3.63, 3.8) is 0 Å².